The first-order chi connectivity index (χ1) is 31.0. The van der Waals surface area contributed by atoms with Gasteiger partial charge in [-0.05, 0) is 115 Å². The van der Waals surface area contributed by atoms with Crippen LogP contribution in [-0.2, 0) is 41.5 Å². The number of amides is 2. The van der Waals surface area contributed by atoms with Crippen LogP contribution in [0.5, 0.6) is 0 Å². The van der Waals surface area contributed by atoms with Crippen molar-refractivity contribution in [3.8, 4) is 22.5 Å². The normalized spacial score (nSPS) is 26.9. The summed E-state index contributed by atoms with van der Waals surface area (Å²) in [5, 5.41) is 8.13. The average molecular weight is 910 g/mol. The number of cyclic esters (lactones) is 1. The third kappa shape index (κ3) is 9.32. The van der Waals surface area contributed by atoms with Crippen LogP contribution in [0.1, 0.15) is 134 Å². The maximum absolute atomic E-state index is 14.4. The summed E-state index contributed by atoms with van der Waals surface area (Å²) in [5.41, 5.74) is 10.2. The van der Waals surface area contributed by atoms with Gasteiger partial charge in [-0.2, -0.15) is 0 Å². The van der Waals surface area contributed by atoms with Crippen molar-refractivity contribution >= 4 is 40.2 Å². The fourth-order valence-electron chi connectivity index (χ4n) is 10.7. The zero-order chi connectivity index (χ0) is 45.9. The van der Waals surface area contributed by atoms with Gasteiger partial charge in [-0.25, -0.2) is 15.2 Å². The lowest BCUT2D eigenvalue weighted by Gasteiger charge is -2.49. The minimum atomic E-state index is -1.02. The number of nitrogens with one attached hydrogen (secondary N) is 2. The van der Waals surface area contributed by atoms with Crippen molar-refractivity contribution in [2.75, 3.05) is 33.5 Å². The predicted octanol–water partition coefficient (Wildman–Crippen LogP) is 8.28. The first kappa shape index (κ1) is 45.7. The SMILES string of the molecule is CCn1c(-c2cc(C3C[C@H]4COC[C@@H](C3)N4C3CC3)cnc2[C@H](C)OC)c2c3cc(ccc31)-c1csc(n1)[C@@H](C)[C@H](NC(=O)OC(C)(C)C)C(=O)N1CCC[C@H](N1)C(=O)OCC(C)(C)C2. The Labute approximate surface area is 387 Å². The maximum atomic E-state index is 14.4. The largest absolute Gasteiger partial charge is 0.464 e. The molecule has 4 aromatic rings. The zero-order valence-corrected chi connectivity index (χ0v) is 40.4. The molecule has 0 radical (unpaired) electrons. The van der Waals surface area contributed by atoms with Gasteiger partial charge in [0, 0.05) is 83.3 Å². The van der Waals surface area contributed by atoms with Crippen molar-refractivity contribution in [1.82, 2.24) is 35.2 Å². The first-order valence-corrected chi connectivity index (χ1v) is 24.6. The highest BCUT2D eigenvalue weighted by atomic mass is 32.1. The number of pyridine rings is 1. The Bertz CT molecular complexity index is 2420. The zero-order valence-electron chi connectivity index (χ0n) is 39.6. The number of esters is 1. The Balaban J connectivity index is 1.17. The molecule has 2 N–H and O–H groups in total. The second kappa shape index (κ2) is 18.0. The third-order valence-corrected chi connectivity index (χ3v) is 15.1. The Morgan fingerprint density at radius 2 is 1.85 bits per heavy atom. The molecule has 0 spiro atoms. The van der Waals surface area contributed by atoms with Crippen LogP contribution in [0.15, 0.2) is 35.8 Å². The molecular weight excluding hydrogens is 843 g/mol. The smallest absolute Gasteiger partial charge is 0.408 e. The number of fused-ring (bicyclic) bond motifs is 8. The summed E-state index contributed by atoms with van der Waals surface area (Å²) >= 11 is 1.46. The van der Waals surface area contributed by atoms with E-state index in [1.807, 2.05) is 12.3 Å². The number of nitrogens with zero attached hydrogens (tertiary/aromatic N) is 5. The summed E-state index contributed by atoms with van der Waals surface area (Å²) < 4.78 is 26.4. The second-order valence-corrected chi connectivity index (χ2v) is 21.7. The summed E-state index contributed by atoms with van der Waals surface area (Å²) in [5.74, 6) is -0.956. The van der Waals surface area contributed by atoms with Gasteiger partial charge in [0.2, 0.25) is 0 Å². The maximum Gasteiger partial charge on any atom is 0.408 e. The molecule has 1 aliphatic carbocycles. The number of hydrogen-bond acceptors (Lipinski definition) is 12. The molecule has 1 saturated carbocycles. The Morgan fingerprint density at radius 1 is 1.09 bits per heavy atom. The first-order valence-electron chi connectivity index (χ1n) is 23.7. The van der Waals surface area contributed by atoms with Gasteiger partial charge in [-0.3, -0.25) is 24.5 Å². The summed E-state index contributed by atoms with van der Waals surface area (Å²) in [6.07, 6.45) is 7.51. The predicted molar refractivity (Wildman–Crippen MR) is 250 cm³/mol. The van der Waals surface area contributed by atoms with Gasteiger partial charge >= 0.3 is 12.1 Å². The van der Waals surface area contributed by atoms with Crippen LogP contribution in [-0.4, -0.2) is 112 Å². The van der Waals surface area contributed by atoms with Gasteiger partial charge in [0.25, 0.3) is 5.91 Å². The molecule has 7 atom stereocenters. The van der Waals surface area contributed by atoms with Gasteiger partial charge in [-0.1, -0.05) is 26.8 Å². The van der Waals surface area contributed by atoms with E-state index in [2.05, 4.69) is 78.4 Å². The lowest BCUT2D eigenvalue weighted by Crippen LogP contribution is -2.61. The average Bonchev–Trinajstić information content (AvgIpc) is 3.92. The van der Waals surface area contributed by atoms with E-state index in [0.29, 0.717) is 54.9 Å². The fourth-order valence-corrected chi connectivity index (χ4v) is 11.6. The highest BCUT2D eigenvalue weighted by molar-refractivity contribution is 7.10. The van der Waals surface area contributed by atoms with E-state index in [0.717, 1.165) is 77.3 Å². The lowest BCUT2D eigenvalue weighted by atomic mass is 9.80. The number of ether oxygens (including phenoxy) is 4. The standard InChI is InChI=1S/C50H67N7O7S/c1-10-55-41-16-13-30-20-36(41)38(44(55)37-21-32(23-51-43(37)29(3)61-9)31-18-34-24-62-25-35(19-31)57(34)33-14-15-33)22-50(7,8)27-63-47(59)39-12-11-17-56(54-39)46(58)42(53-48(60)64-49(4,5)6)28(2)45-52-40(30)26-65-45/h13,16,20-21,23,26,28-29,31,33-35,39,42,54H,10-12,14-15,17-19,22,24-25,27H2,1-9H3,(H,53,60)/t28-,29-,31?,34-,35+,39-,42-/m0/s1. The van der Waals surface area contributed by atoms with Gasteiger partial charge in [0.1, 0.15) is 17.7 Å². The number of hydrazine groups is 1. The van der Waals surface area contributed by atoms with Crippen LogP contribution >= 0.6 is 11.3 Å². The highest BCUT2D eigenvalue weighted by Gasteiger charge is 2.46. The van der Waals surface area contributed by atoms with E-state index in [4.69, 9.17) is 28.9 Å². The Morgan fingerprint density at radius 3 is 2.54 bits per heavy atom. The van der Waals surface area contributed by atoms with E-state index in [-0.39, 0.29) is 18.6 Å². The van der Waals surface area contributed by atoms with E-state index in [1.54, 1.807) is 27.9 Å². The minimum Gasteiger partial charge on any atom is -0.464 e. The number of carbonyl (C=O) groups is 3. The molecule has 7 heterocycles. The molecule has 5 aliphatic rings. The molecule has 9 rings (SSSR count). The van der Waals surface area contributed by atoms with Gasteiger partial charge in [-0.15, -0.1) is 11.3 Å². The number of methoxy groups -OCH3 is 1. The molecule has 1 unspecified atom stereocenters. The summed E-state index contributed by atoms with van der Waals surface area (Å²) in [6.45, 7) is 18.6. The number of carbonyl (C=O) groups excluding carboxylic acids is 3. The number of rotatable bonds is 7. The Hall–Kier alpha value is -4.41. The van der Waals surface area contributed by atoms with Gasteiger partial charge in [0.15, 0.2) is 0 Å². The van der Waals surface area contributed by atoms with Crippen LogP contribution in [0.25, 0.3) is 33.4 Å². The molecule has 14 nitrogen and oxygen atoms in total. The monoisotopic (exact) mass is 909 g/mol. The number of aromatic nitrogens is 3. The number of morpholine rings is 1. The summed E-state index contributed by atoms with van der Waals surface area (Å²) in [4.78, 5) is 54.8. The van der Waals surface area contributed by atoms with Crippen LogP contribution in [0.3, 0.4) is 0 Å². The van der Waals surface area contributed by atoms with Gasteiger partial charge < -0.3 is 28.8 Å². The van der Waals surface area contributed by atoms with Crippen LogP contribution in [0.4, 0.5) is 4.79 Å². The van der Waals surface area contributed by atoms with Crippen molar-refractivity contribution in [3.05, 3.63) is 57.7 Å². The van der Waals surface area contributed by atoms with E-state index < -0.39 is 41.1 Å². The molecule has 4 fully saturated rings. The fraction of sp³-hybridized carbons (Fsp3) is 0.620. The second-order valence-electron chi connectivity index (χ2n) is 20.8. The summed E-state index contributed by atoms with van der Waals surface area (Å²) in [7, 11) is 1.74. The molecule has 3 aromatic heterocycles. The van der Waals surface area contributed by atoms with Crippen molar-refractivity contribution in [2.24, 2.45) is 5.41 Å². The van der Waals surface area contributed by atoms with Crippen molar-refractivity contribution in [3.63, 3.8) is 0 Å². The van der Waals surface area contributed by atoms with Crippen LogP contribution in [0, 0.1) is 5.41 Å². The van der Waals surface area contributed by atoms with E-state index in [9.17, 15) is 14.4 Å². The van der Waals surface area contributed by atoms with Crippen molar-refractivity contribution < 1.29 is 33.3 Å². The van der Waals surface area contributed by atoms with Crippen molar-refractivity contribution in [2.45, 2.75) is 161 Å². The van der Waals surface area contributed by atoms with Crippen LogP contribution < -0.4 is 10.7 Å². The van der Waals surface area contributed by atoms with Gasteiger partial charge in [0.05, 0.1) is 48.0 Å². The molecule has 65 heavy (non-hydrogen) atoms. The molecule has 350 valence electrons. The van der Waals surface area contributed by atoms with Crippen molar-refractivity contribution in [1.29, 1.82) is 0 Å². The lowest BCUT2D eigenvalue weighted by molar-refractivity contribution is -0.155. The van der Waals surface area contributed by atoms with E-state index in [1.165, 1.54) is 34.8 Å². The Kier molecular flexibility index (Phi) is 12.7. The quantitative estimate of drug-likeness (QED) is 0.173. The number of thiazole rings is 1. The molecule has 2 amide bonds. The molecule has 4 aliphatic heterocycles. The number of hydrogen-bond donors (Lipinski definition) is 2. The number of benzene rings is 1. The number of piperidine rings is 1. The molecule has 8 bridgehead atoms. The number of alkyl carbamates (subject to hydrolysis) is 1. The topological polar surface area (TPSA) is 149 Å². The molecule has 15 heteroatoms. The minimum absolute atomic E-state index is 0.162. The molecule has 3 saturated heterocycles. The molecular formula is C50H67N7O7S. The number of aryl methyl sites for hydroxylation is 1. The molecule has 1 aromatic carbocycles. The van der Waals surface area contributed by atoms with Crippen LogP contribution in [0.2, 0.25) is 0 Å². The van der Waals surface area contributed by atoms with E-state index >= 15 is 0 Å². The highest BCUT2D eigenvalue weighted by Crippen LogP contribution is 2.46. The third-order valence-electron chi connectivity index (χ3n) is 14.1. The summed E-state index contributed by atoms with van der Waals surface area (Å²) in [6, 6.07) is 8.74.